The van der Waals surface area contributed by atoms with Gasteiger partial charge < -0.3 is 15.8 Å². The molecule has 0 radical (unpaired) electrons. The number of rotatable bonds is 5. The molecule has 0 atom stereocenters. The SMILES string of the molecule is CCOC(=O)c1cccn1S(=O)(=O)c1ccc(NC(N)=O)cc1. The molecular formula is C14H15N3O5S. The number of aromatic nitrogens is 1. The average Bonchev–Trinajstić information content (AvgIpc) is 2.97. The van der Waals surface area contributed by atoms with Gasteiger partial charge in [-0.25, -0.2) is 22.0 Å². The Hall–Kier alpha value is -2.81. The number of nitrogens with zero attached hydrogens (tertiary/aromatic N) is 1. The quantitative estimate of drug-likeness (QED) is 0.799. The summed E-state index contributed by atoms with van der Waals surface area (Å²) >= 11 is 0. The number of carbonyl (C=O) groups is 2. The molecule has 1 aromatic carbocycles. The molecule has 0 saturated heterocycles. The van der Waals surface area contributed by atoms with Gasteiger partial charge in [0.2, 0.25) is 0 Å². The van der Waals surface area contributed by atoms with Crippen LogP contribution in [0.5, 0.6) is 0 Å². The minimum atomic E-state index is -3.96. The Morgan fingerprint density at radius 1 is 1.22 bits per heavy atom. The summed E-state index contributed by atoms with van der Waals surface area (Å²) in [6, 6.07) is 7.43. The van der Waals surface area contributed by atoms with Crippen LogP contribution in [-0.2, 0) is 14.8 Å². The Labute approximate surface area is 132 Å². The van der Waals surface area contributed by atoms with E-state index >= 15 is 0 Å². The predicted molar refractivity (Wildman–Crippen MR) is 82.6 cm³/mol. The molecule has 3 N–H and O–H groups in total. The van der Waals surface area contributed by atoms with Gasteiger partial charge in [-0.15, -0.1) is 0 Å². The zero-order valence-electron chi connectivity index (χ0n) is 12.2. The van der Waals surface area contributed by atoms with Crippen molar-refractivity contribution >= 4 is 27.7 Å². The molecule has 8 nitrogen and oxygen atoms in total. The van der Waals surface area contributed by atoms with Gasteiger partial charge in [0, 0.05) is 11.9 Å². The van der Waals surface area contributed by atoms with Crippen LogP contribution in [0.15, 0.2) is 47.5 Å². The van der Waals surface area contributed by atoms with E-state index in [0.29, 0.717) is 5.69 Å². The summed E-state index contributed by atoms with van der Waals surface area (Å²) in [7, 11) is -3.96. The number of nitrogens with one attached hydrogen (secondary N) is 1. The van der Waals surface area contributed by atoms with E-state index in [1.165, 1.54) is 42.6 Å². The Morgan fingerprint density at radius 2 is 1.87 bits per heavy atom. The lowest BCUT2D eigenvalue weighted by atomic mass is 10.3. The van der Waals surface area contributed by atoms with Crippen molar-refractivity contribution in [2.75, 3.05) is 11.9 Å². The lowest BCUT2D eigenvalue weighted by molar-refractivity contribution is 0.0518. The third-order valence-corrected chi connectivity index (χ3v) is 4.58. The van der Waals surface area contributed by atoms with Crippen molar-refractivity contribution in [2.45, 2.75) is 11.8 Å². The molecule has 2 aromatic rings. The zero-order chi connectivity index (χ0) is 17.0. The first kappa shape index (κ1) is 16.6. The summed E-state index contributed by atoms with van der Waals surface area (Å²) in [5, 5.41) is 2.33. The van der Waals surface area contributed by atoms with Crippen molar-refractivity contribution in [1.82, 2.24) is 3.97 Å². The number of hydrogen-bond donors (Lipinski definition) is 2. The van der Waals surface area contributed by atoms with Crippen LogP contribution in [-0.4, -0.2) is 31.0 Å². The predicted octanol–water partition coefficient (Wildman–Crippen LogP) is 1.39. The third-order valence-electron chi connectivity index (χ3n) is 2.88. The number of nitrogens with two attached hydrogens (primary N) is 1. The molecule has 0 bridgehead atoms. The molecule has 2 rings (SSSR count). The number of esters is 1. The van der Waals surface area contributed by atoms with Crippen LogP contribution >= 0.6 is 0 Å². The second-order valence-corrected chi connectivity index (χ2v) is 6.24. The summed E-state index contributed by atoms with van der Waals surface area (Å²) < 4.78 is 30.9. The lowest BCUT2D eigenvalue weighted by Gasteiger charge is -2.10. The van der Waals surface area contributed by atoms with Gasteiger partial charge in [-0.2, -0.15) is 0 Å². The summed E-state index contributed by atoms with van der Waals surface area (Å²) in [6.07, 6.45) is 1.26. The molecule has 9 heteroatoms. The number of primary amides is 1. The van der Waals surface area contributed by atoms with E-state index in [9.17, 15) is 18.0 Å². The maximum absolute atomic E-state index is 12.6. The molecule has 0 aliphatic carbocycles. The first-order valence-electron chi connectivity index (χ1n) is 6.63. The van der Waals surface area contributed by atoms with Crippen molar-refractivity contribution in [3.8, 4) is 0 Å². The molecule has 1 aromatic heterocycles. The van der Waals surface area contributed by atoms with Crippen molar-refractivity contribution < 1.29 is 22.7 Å². The normalized spacial score (nSPS) is 11.0. The number of anilines is 1. The standard InChI is InChI=1S/C14H15N3O5S/c1-2-22-13(18)12-4-3-9-17(12)23(20,21)11-7-5-10(6-8-11)16-14(15)19/h3-9H,2H2,1H3,(H3,15,16,19). The van der Waals surface area contributed by atoms with Crippen molar-refractivity contribution in [1.29, 1.82) is 0 Å². The van der Waals surface area contributed by atoms with Crippen LogP contribution in [0.2, 0.25) is 0 Å². The van der Waals surface area contributed by atoms with Crippen molar-refractivity contribution in [3.63, 3.8) is 0 Å². The highest BCUT2D eigenvalue weighted by Crippen LogP contribution is 2.19. The fraction of sp³-hybridized carbons (Fsp3) is 0.143. The highest BCUT2D eigenvalue weighted by atomic mass is 32.2. The minimum Gasteiger partial charge on any atom is -0.461 e. The van der Waals surface area contributed by atoms with Gasteiger partial charge in [0.15, 0.2) is 0 Å². The summed E-state index contributed by atoms with van der Waals surface area (Å²) in [4.78, 5) is 22.5. The fourth-order valence-electron chi connectivity index (χ4n) is 1.90. The van der Waals surface area contributed by atoms with Crippen LogP contribution in [0.25, 0.3) is 0 Å². The van der Waals surface area contributed by atoms with E-state index in [4.69, 9.17) is 10.5 Å². The molecule has 122 valence electrons. The molecule has 0 aliphatic rings. The number of amides is 2. The third kappa shape index (κ3) is 3.51. The van der Waals surface area contributed by atoms with Crippen molar-refractivity contribution in [3.05, 3.63) is 48.3 Å². The highest BCUT2D eigenvalue weighted by molar-refractivity contribution is 7.90. The second kappa shape index (κ2) is 6.53. The lowest BCUT2D eigenvalue weighted by Crippen LogP contribution is -2.20. The summed E-state index contributed by atoms with van der Waals surface area (Å²) in [5.74, 6) is -0.729. The Morgan fingerprint density at radius 3 is 2.43 bits per heavy atom. The molecule has 23 heavy (non-hydrogen) atoms. The van der Waals surface area contributed by atoms with Crippen LogP contribution in [0, 0.1) is 0 Å². The number of hydrogen-bond acceptors (Lipinski definition) is 5. The average molecular weight is 337 g/mol. The first-order chi connectivity index (χ1) is 10.9. The smallest absolute Gasteiger partial charge is 0.355 e. The molecule has 0 spiro atoms. The van der Waals surface area contributed by atoms with E-state index in [-0.39, 0.29) is 17.2 Å². The van der Waals surface area contributed by atoms with Gasteiger partial charge in [0.05, 0.1) is 11.5 Å². The molecule has 0 saturated carbocycles. The van der Waals surface area contributed by atoms with E-state index in [2.05, 4.69) is 5.32 Å². The van der Waals surface area contributed by atoms with Gasteiger partial charge in [-0.3, -0.25) is 0 Å². The number of urea groups is 1. The largest absolute Gasteiger partial charge is 0.461 e. The topological polar surface area (TPSA) is 120 Å². The van der Waals surface area contributed by atoms with Crippen LogP contribution in [0.1, 0.15) is 17.4 Å². The van der Waals surface area contributed by atoms with E-state index in [1.54, 1.807) is 6.92 Å². The Balaban J connectivity index is 2.37. The van der Waals surface area contributed by atoms with Gasteiger partial charge in [-0.05, 0) is 43.3 Å². The first-order valence-corrected chi connectivity index (χ1v) is 8.07. The van der Waals surface area contributed by atoms with E-state index < -0.39 is 22.0 Å². The van der Waals surface area contributed by atoms with Crippen LogP contribution in [0.4, 0.5) is 10.5 Å². The van der Waals surface area contributed by atoms with Gasteiger partial charge in [0.25, 0.3) is 10.0 Å². The summed E-state index contributed by atoms with van der Waals surface area (Å²) in [6.45, 7) is 1.77. The molecule has 0 unspecified atom stereocenters. The fourth-order valence-corrected chi connectivity index (χ4v) is 3.24. The van der Waals surface area contributed by atoms with Crippen molar-refractivity contribution in [2.24, 2.45) is 5.73 Å². The second-order valence-electron chi connectivity index (χ2n) is 4.43. The van der Waals surface area contributed by atoms with E-state index in [0.717, 1.165) is 3.97 Å². The monoisotopic (exact) mass is 337 g/mol. The van der Waals surface area contributed by atoms with Gasteiger partial charge in [-0.1, -0.05) is 0 Å². The van der Waals surface area contributed by atoms with E-state index in [1.807, 2.05) is 0 Å². The van der Waals surface area contributed by atoms with Crippen LogP contribution in [0.3, 0.4) is 0 Å². The molecule has 2 amide bonds. The number of carbonyl (C=O) groups excluding carboxylic acids is 2. The molecule has 0 fully saturated rings. The molecular weight excluding hydrogens is 322 g/mol. The maximum Gasteiger partial charge on any atom is 0.355 e. The minimum absolute atomic E-state index is 0.0470. The van der Waals surface area contributed by atoms with Gasteiger partial charge >= 0.3 is 12.0 Å². The zero-order valence-corrected chi connectivity index (χ0v) is 13.0. The highest BCUT2D eigenvalue weighted by Gasteiger charge is 2.23. The van der Waals surface area contributed by atoms with Gasteiger partial charge in [0.1, 0.15) is 5.69 Å². The Kier molecular flexibility index (Phi) is 4.70. The Bertz CT molecular complexity index is 824. The maximum atomic E-state index is 12.6. The number of ether oxygens (including phenoxy) is 1. The van der Waals surface area contributed by atoms with Crippen LogP contribution < -0.4 is 11.1 Å². The molecule has 0 aliphatic heterocycles. The summed E-state index contributed by atoms with van der Waals surface area (Å²) in [5.41, 5.74) is 5.25. The number of benzene rings is 1. The molecule has 1 heterocycles.